The van der Waals surface area contributed by atoms with Crippen LogP contribution in [0.2, 0.25) is 5.02 Å². The highest BCUT2D eigenvalue weighted by Gasteiger charge is 2.01. The fraction of sp³-hybridized carbons (Fsp3) is 0.200. The molecule has 0 atom stereocenters. The maximum Gasteiger partial charge on any atom is 0.146 e. The zero-order valence-corrected chi connectivity index (χ0v) is 11.5. The summed E-state index contributed by atoms with van der Waals surface area (Å²) in [5, 5.41) is 7.06. The zero-order valence-electron chi connectivity index (χ0n) is 10.7. The van der Waals surface area contributed by atoms with Crippen LogP contribution in [0.15, 0.2) is 42.5 Å². The Morgan fingerprint density at radius 2 is 1.58 bits per heavy atom. The topological polar surface area (TPSA) is 24.1 Å². The van der Waals surface area contributed by atoms with E-state index < -0.39 is 0 Å². The summed E-state index contributed by atoms with van der Waals surface area (Å²) in [6.07, 6.45) is 0. The van der Waals surface area contributed by atoms with Crippen LogP contribution in [0.1, 0.15) is 5.56 Å². The van der Waals surface area contributed by atoms with E-state index in [9.17, 15) is 4.39 Å². The van der Waals surface area contributed by atoms with Crippen LogP contribution in [-0.4, -0.2) is 13.1 Å². The van der Waals surface area contributed by atoms with E-state index in [0.29, 0.717) is 18.8 Å². The van der Waals surface area contributed by atoms with Gasteiger partial charge < -0.3 is 10.6 Å². The number of hydrogen-bond acceptors (Lipinski definition) is 2. The van der Waals surface area contributed by atoms with Crippen LogP contribution in [-0.2, 0) is 0 Å². The zero-order chi connectivity index (χ0) is 13.7. The first-order valence-corrected chi connectivity index (χ1v) is 6.53. The van der Waals surface area contributed by atoms with Gasteiger partial charge in [0.1, 0.15) is 5.82 Å². The average molecular weight is 279 g/mol. The second kappa shape index (κ2) is 6.43. The highest BCUT2D eigenvalue weighted by atomic mass is 35.5. The number of hydrogen-bond donors (Lipinski definition) is 2. The fourth-order valence-corrected chi connectivity index (χ4v) is 1.97. The highest BCUT2D eigenvalue weighted by molar-refractivity contribution is 6.31. The number of anilines is 2. The third-order valence-corrected chi connectivity index (χ3v) is 3.31. The fourth-order valence-electron chi connectivity index (χ4n) is 1.80. The minimum absolute atomic E-state index is 0.235. The van der Waals surface area contributed by atoms with Gasteiger partial charge in [0.25, 0.3) is 0 Å². The van der Waals surface area contributed by atoms with Gasteiger partial charge in [-0.2, -0.15) is 0 Å². The van der Waals surface area contributed by atoms with Crippen LogP contribution in [0.4, 0.5) is 15.8 Å². The van der Waals surface area contributed by atoms with E-state index >= 15 is 0 Å². The maximum atomic E-state index is 13.4. The van der Waals surface area contributed by atoms with Crippen molar-refractivity contribution in [3.05, 3.63) is 58.9 Å². The van der Waals surface area contributed by atoms with Gasteiger partial charge in [0.2, 0.25) is 0 Å². The molecule has 2 rings (SSSR count). The van der Waals surface area contributed by atoms with Gasteiger partial charge in [-0.1, -0.05) is 29.8 Å². The Morgan fingerprint density at radius 1 is 0.947 bits per heavy atom. The third-order valence-electron chi connectivity index (χ3n) is 2.90. The van der Waals surface area contributed by atoms with Crippen molar-refractivity contribution < 1.29 is 4.39 Å². The second-order valence-electron chi connectivity index (χ2n) is 4.25. The molecule has 2 N–H and O–H groups in total. The lowest BCUT2D eigenvalue weighted by Crippen LogP contribution is -2.14. The molecule has 0 bridgehead atoms. The summed E-state index contributed by atoms with van der Waals surface area (Å²) in [4.78, 5) is 0. The first kappa shape index (κ1) is 13.7. The first-order chi connectivity index (χ1) is 9.18. The molecule has 0 amide bonds. The summed E-state index contributed by atoms with van der Waals surface area (Å²) in [7, 11) is 0. The van der Waals surface area contributed by atoms with Crippen LogP contribution in [0, 0.1) is 12.7 Å². The van der Waals surface area contributed by atoms with Crippen molar-refractivity contribution in [1.82, 2.24) is 0 Å². The van der Waals surface area contributed by atoms with Crippen molar-refractivity contribution in [2.24, 2.45) is 0 Å². The Bertz CT molecular complexity index is 558. The van der Waals surface area contributed by atoms with E-state index in [1.807, 2.05) is 25.1 Å². The Labute approximate surface area is 117 Å². The van der Waals surface area contributed by atoms with Crippen LogP contribution in [0.5, 0.6) is 0 Å². The van der Waals surface area contributed by atoms with E-state index in [1.54, 1.807) is 18.2 Å². The molecule has 19 heavy (non-hydrogen) atoms. The van der Waals surface area contributed by atoms with Gasteiger partial charge in [-0.05, 0) is 36.8 Å². The first-order valence-electron chi connectivity index (χ1n) is 6.16. The Kier molecular flexibility index (Phi) is 4.63. The Balaban J connectivity index is 1.84. The summed E-state index contributed by atoms with van der Waals surface area (Å²) >= 11 is 6.04. The highest BCUT2D eigenvalue weighted by Crippen LogP contribution is 2.22. The largest absolute Gasteiger partial charge is 0.383 e. The summed E-state index contributed by atoms with van der Waals surface area (Å²) in [5.41, 5.74) is 2.55. The Hall–Kier alpha value is -1.74. The number of nitrogens with one attached hydrogen (secondary N) is 2. The molecule has 0 aliphatic rings. The van der Waals surface area contributed by atoms with E-state index in [0.717, 1.165) is 16.3 Å². The van der Waals surface area contributed by atoms with Crippen LogP contribution >= 0.6 is 11.6 Å². The summed E-state index contributed by atoms with van der Waals surface area (Å²) < 4.78 is 13.4. The van der Waals surface area contributed by atoms with Gasteiger partial charge in [0.05, 0.1) is 5.69 Å². The van der Waals surface area contributed by atoms with E-state index in [4.69, 9.17) is 11.6 Å². The SMILES string of the molecule is Cc1c(Cl)cccc1NCCNc1ccccc1F. The predicted molar refractivity (Wildman–Crippen MR) is 79.6 cm³/mol. The summed E-state index contributed by atoms with van der Waals surface area (Å²) in [6, 6.07) is 12.4. The van der Waals surface area contributed by atoms with Crippen LogP contribution in [0.25, 0.3) is 0 Å². The van der Waals surface area contributed by atoms with Crippen molar-refractivity contribution in [3.63, 3.8) is 0 Å². The maximum absolute atomic E-state index is 13.4. The van der Waals surface area contributed by atoms with Crippen molar-refractivity contribution in [1.29, 1.82) is 0 Å². The molecule has 0 saturated carbocycles. The van der Waals surface area contributed by atoms with E-state index in [-0.39, 0.29) is 5.82 Å². The lowest BCUT2D eigenvalue weighted by atomic mass is 10.2. The molecule has 0 spiro atoms. The minimum Gasteiger partial charge on any atom is -0.383 e. The predicted octanol–water partition coefficient (Wildman–Crippen LogP) is 4.31. The van der Waals surface area contributed by atoms with Gasteiger partial charge in [-0.15, -0.1) is 0 Å². The molecular formula is C15H16ClFN2. The van der Waals surface area contributed by atoms with Crippen molar-refractivity contribution in [3.8, 4) is 0 Å². The van der Waals surface area contributed by atoms with E-state index in [2.05, 4.69) is 10.6 Å². The molecule has 0 saturated heterocycles. The molecule has 0 aliphatic heterocycles. The Morgan fingerprint density at radius 3 is 2.32 bits per heavy atom. The molecule has 100 valence electrons. The monoisotopic (exact) mass is 278 g/mol. The molecule has 2 aromatic carbocycles. The number of para-hydroxylation sites is 1. The molecule has 0 unspecified atom stereocenters. The average Bonchev–Trinajstić information content (AvgIpc) is 2.41. The molecule has 4 heteroatoms. The summed E-state index contributed by atoms with van der Waals surface area (Å²) in [5.74, 6) is -0.235. The van der Waals surface area contributed by atoms with Crippen molar-refractivity contribution >= 4 is 23.0 Å². The lowest BCUT2D eigenvalue weighted by Gasteiger charge is -2.12. The number of benzene rings is 2. The smallest absolute Gasteiger partial charge is 0.146 e. The standard InChI is InChI=1S/C15H16ClFN2/c1-11-12(16)5-4-8-14(11)18-9-10-19-15-7-3-2-6-13(15)17/h2-8,18-19H,9-10H2,1H3. The van der Waals surface area contributed by atoms with Gasteiger partial charge in [0.15, 0.2) is 0 Å². The second-order valence-corrected chi connectivity index (χ2v) is 4.65. The molecule has 0 aliphatic carbocycles. The van der Waals surface area contributed by atoms with Gasteiger partial charge in [-0.3, -0.25) is 0 Å². The summed E-state index contributed by atoms with van der Waals surface area (Å²) in [6.45, 7) is 3.29. The van der Waals surface area contributed by atoms with Gasteiger partial charge in [-0.25, -0.2) is 4.39 Å². The van der Waals surface area contributed by atoms with E-state index in [1.165, 1.54) is 6.07 Å². The number of rotatable bonds is 5. The third kappa shape index (κ3) is 3.61. The lowest BCUT2D eigenvalue weighted by molar-refractivity contribution is 0.630. The van der Waals surface area contributed by atoms with Crippen molar-refractivity contribution in [2.45, 2.75) is 6.92 Å². The molecule has 2 nitrogen and oxygen atoms in total. The minimum atomic E-state index is -0.235. The normalized spacial score (nSPS) is 10.3. The van der Waals surface area contributed by atoms with Crippen molar-refractivity contribution in [2.75, 3.05) is 23.7 Å². The van der Waals surface area contributed by atoms with Crippen LogP contribution < -0.4 is 10.6 Å². The van der Waals surface area contributed by atoms with Crippen LogP contribution in [0.3, 0.4) is 0 Å². The molecule has 0 fully saturated rings. The number of halogens is 2. The molecule has 0 aromatic heterocycles. The molecule has 2 aromatic rings. The molecule has 0 radical (unpaired) electrons. The molecular weight excluding hydrogens is 263 g/mol. The van der Waals surface area contributed by atoms with Gasteiger partial charge in [0, 0.05) is 23.8 Å². The van der Waals surface area contributed by atoms with Gasteiger partial charge >= 0.3 is 0 Å². The quantitative estimate of drug-likeness (QED) is 0.796. The molecule has 0 heterocycles.